The zero-order chi connectivity index (χ0) is 17.5. The largest absolute Gasteiger partial charge is 0.369 e. The van der Waals surface area contributed by atoms with Crippen LogP contribution in [0.25, 0.3) is 0 Å². The highest BCUT2D eigenvalue weighted by atomic mass is 19.1. The van der Waals surface area contributed by atoms with E-state index in [-0.39, 0.29) is 17.8 Å². The number of hydrogen-bond acceptors (Lipinski definition) is 3. The van der Waals surface area contributed by atoms with Crippen LogP contribution < -0.4 is 10.2 Å². The lowest BCUT2D eigenvalue weighted by molar-refractivity contribution is -0.130. The highest BCUT2D eigenvalue weighted by molar-refractivity contribution is 6.06. The van der Waals surface area contributed by atoms with E-state index < -0.39 is 5.54 Å². The highest BCUT2D eigenvalue weighted by Gasteiger charge is 2.43. The second-order valence-electron chi connectivity index (χ2n) is 7.21. The van der Waals surface area contributed by atoms with Gasteiger partial charge in [0.15, 0.2) is 0 Å². The number of nitrogens with one attached hydrogen (secondary N) is 1. The summed E-state index contributed by atoms with van der Waals surface area (Å²) in [4.78, 5) is 27.4. The molecule has 0 unspecified atom stereocenters. The second kappa shape index (κ2) is 6.07. The lowest BCUT2D eigenvalue weighted by Gasteiger charge is -2.32. The number of carbonyl (C=O) groups excluding carboxylic acids is 2. The summed E-state index contributed by atoms with van der Waals surface area (Å²) < 4.78 is 14.4. The van der Waals surface area contributed by atoms with E-state index in [9.17, 15) is 14.0 Å². The van der Waals surface area contributed by atoms with Crippen molar-refractivity contribution >= 4 is 17.6 Å². The van der Waals surface area contributed by atoms with Gasteiger partial charge in [-0.2, -0.15) is 0 Å². The van der Waals surface area contributed by atoms with Crippen LogP contribution in [-0.2, 0) is 11.2 Å². The zero-order valence-electron chi connectivity index (χ0n) is 14.5. The number of nitrogens with zero attached hydrogens (tertiary/aromatic N) is 2. The lowest BCUT2D eigenvalue weighted by atomic mass is 9.99. The van der Waals surface area contributed by atoms with Crippen molar-refractivity contribution in [2.24, 2.45) is 0 Å². The average Bonchev–Trinajstić information content (AvgIpc) is 2.68. The van der Waals surface area contributed by atoms with Gasteiger partial charge in [0.1, 0.15) is 11.4 Å². The third-order valence-electron chi connectivity index (χ3n) is 4.73. The van der Waals surface area contributed by atoms with Crippen molar-refractivity contribution in [1.29, 1.82) is 0 Å². The van der Waals surface area contributed by atoms with E-state index in [0.29, 0.717) is 25.2 Å². The van der Waals surface area contributed by atoms with Gasteiger partial charge in [0.25, 0.3) is 5.91 Å². The monoisotopic (exact) mass is 333 g/mol. The first-order valence-corrected chi connectivity index (χ1v) is 8.47. The van der Waals surface area contributed by atoms with Gasteiger partial charge in [-0.05, 0) is 57.2 Å². The molecule has 0 radical (unpaired) electrons. The summed E-state index contributed by atoms with van der Waals surface area (Å²) in [5.41, 5.74) is 1.84. The molecular weight excluding hydrogens is 309 g/mol. The van der Waals surface area contributed by atoms with Crippen LogP contribution in [0.3, 0.4) is 0 Å². The van der Waals surface area contributed by atoms with E-state index in [0.717, 1.165) is 30.5 Å². The van der Waals surface area contributed by atoms with Crippen LogP contribution in [0.2, 0.25) is 0 Å². The van der Waals surface area contributed by atoms with Crippen LogP contribution >= 0.6 is 0 Å². The molecule has 0 atom stereocenters. The summed E-state index contributed by atoms with van der Waals surface area (Å²) >= 11 is 0. The van der Waals surface area contributed by atoms with Crippen molar-refractivity contribution < 1.29 is 14.0 Å². The van der Waals surface area contributed by atoms with Gasteiger partial charge in [-0.15, -0.1) is 0 Å². The summed E-state index contributed by atoms with van der Waals surface area (Å²) in [5, 5.41) is 2.68. The number of aryl methyl sites for hydroxylation is 2. The number of halogens is 1. The van der Waals surface area contributed by atoms with Gasteiger partial charge in [0.2, 0.25) is 0 Å². The van der Waals surface area contributed by atoms with Gasteiger partial charge < -0.3 is 10.2 Å². The third-order valence-corrected chi connectivity index (χ3v) is 4.73. The Morgan fingerprint density at radius 2 is 2.00 bits per heavy atom. The smallest absolute Gasteiger partial charge is 0.325 e. The maximum absolute atomic E-state index is 14.4. The number of imide groups is 1. The van der Waals surface area contributed by atoms with E-state index in [4.69, 9.17) is 0 Å². The highest BCUT2D eigenvalue weighted by Crippen LogP contribution is 2.31. The maximum Gasteiger partial charge on any atom is 0.325 e. The quantitative estimate of drug-likeness (QED) is 0.862. The molecule has 0 aromatic heterocycles. The van der Waals surface area contributed by atoms with Gasteiger partial charge >= 0.3 is 6.03 Å². The summed E-state index contributed by atoms with van der Waals surface area (Å²) in [6, 6.07) is 3.27. The van der Waals surface area contributed by atoms with Gasteiger partial charge in [0, 0.05) is 19.6 Å². The normalized spacial score (nSPS) is 19.5. The first-order chi connectivity index (χ1) is 11.3. The van der Waals surface area contributed by atoms with E-state index >= 15 is 0 Å². The molecule has 0 aliphatic carbocycles. The maximum atomic E-state index is 14.4. The van der Waals surface area contributed by atoms with Gasteiger partial charge in [-0.1, -0.05) is 6.07 Å². The molecule has 6 heteroatoms. The number of amides is 3. The van der Waals surface area contributed by atoms with Crippen molar-refractivity contribution in [2.45, 2.75) is 45.6 Å². The number of benzene rings is 1. The molecule has 1 aromatic carbocycles. The van der Waals surface area contributed by atoms with Crippen LogP contribution in [0.4, 0.5) is 14.9 Å². The molecule has 5 nitrogen and oxygen atoms in total. The fourth-order valence-electron chi connectivity index (χ4n) is 3.59. The number of fused-ring (bicyclic) bond motifs is 1. The Hall–Kier alpha value is -2.11. The van der Waals surface area contributed by atoms with E-state index in [2.05, 4.69) is 5.32 Å². The minimum absolute atomic E-state index is 0.180. The Labute approximate surface area is 141 Å². The molecule has 130 valence electrons. The molecule has 0 bridgehead atoms. The summed E-state index contributed by atoms with van der Waals surface area (Å²) in [6.45, 7) is 7.09. The molecule has 2 aliphatic rings. The molecule has 3 rings (SSSR count). The molecular formula is C18H24FN3O2. The minimum Gasteiger partial charge on any atom is -0.369 e. The van der Waals surface area contributed by atoms with Crippen molar-refractivity contribution in [3.8, 4) is 0 Å². The van der Waals surface area contributed by atoms with Crippen LogP contribution in [-0.4, -0.2) is 42.0 Å². The van der Waals surface area contributed by atoms with E-state index in [1.165, 1.54) is 4.90 Å². The fraction of sp³-hybridized carbons (Fsp3) is 0.556. The van der Waals surface area contributed by atoms with Crippen LogP contribution in [0, 0.1) is 12.7 Å². The SMILES string of the molecule is Cc1cc(F)c2c(c1)CCCN2CCCN1C(=O)NC(C)(C)C1=O. The zero-order valence-corrected chi connectivity index (χ0v) is 14.5. The summed E-state index contributed by atoms with van der Waals surface area (Å²) in [6.07, 6.45) is 2.51. The number of rotatable bonds is 4. The van der Waals surface area contributed by atoms with Crippen molar-refractivity contribution in [3.05, 3.63) is 29.1 Å². The van der Waals surface area contributed by atoms with E-state index in [1.54, 1.807) is 19.9 Å². The predicted octanol–water partition coefficient (Wildman–Crippen LogP) is 2.61. The Morgan fingerprint density at radius 1 is 1.25 bits per heavy atom. The van der Waals surface area contributed by atoms with Crippen LogP contribution in [0.1, 0.15) is 37.8 Å². The minimum atomic E-state index is -0.835. The van der Waals surface area contributed by atoms with Crippen molar-refractivity contribution in [3.63, 3.8) is 0 Å². The number of anilines is 1. The topological polar surface area (TPSA) is 52.6 Å². The van der Waals surface area contributed by atoms with Crippen molar-refractivity contribution in [2.75, 3.05) is 24.5 Å². The third kappa shape index (κ3) is 2.97. The van der Waals surface area contributed by atoms with Gasteiger partial charge in [0.05, 0.1) is 5.69 Å². The second-order valence-corrected chi connectivity index (χ2v) is 7.21. The molecule has 0 spiro atoms. The van der Waals surface area contributed by atoms with E-state index in [1.807, 2.05) is 17.9 Å². The summed E-state index contributed by atoms with van der Waals surface area (Å²) in [7, 11) is 0. The standard InChI is InChI=1S/C18H24FN3O2/c1-12-10-13-6-4-7-21(15(13)14(19)11-12)8-5-9-22-16(23)18(2,3)20-17(22)24/h10-11H,4-9H2,1-3H3,(H,20,24). The molecule has 24 heavy (non-hydrogen) atoms. The fourth-order valence-corrected chi connectivity index (χ4v) is 3.59. The number of carbonyl (C=O) groups is 2. The molecule has 3 amide bonds. The number of hydrogen-bond donors (Lipinski definition) is 1. The summed E-state index contributed by atoms with van der Waals surface area (Å²) in [5.74, 6) is -0.380. The van der Waals surface area contributed by atoms with Gasteiger partial charge in [-0.3, -0.25) is 9.69 Å². The molecule has 1 N–H and O–H groups in total. The number of urea groups is 1. The molecule has 2 aliphatic heterocycles. The average molecular weight is 333 g/mol. The van der Waals surface area contributed by atoms with Crippen LogP contribution in [0.15, 0.2) is 12.1 Å². The molecule has 0 saturated carbocycles. The Balaban J connectivity index is 1.65. The first kappa shape index (κ1) is 16.7. The predicted molar refractivity (Wildman–Crippen MR) is 90.6 cm³/mol. The Morgan fingerprint density at radius 3 is 2.67 bits per heavy atom. The molecule has 1 fully saturated rings. The van der Waals surface area contributed by atoms with Crippen LogP contribution in [0.5, 0.6) is 0 Å². The van der Waals surface area contributed by atoms with Crippen molar-refractivity contribution in [1.82, 2.24) is 10.2 Å². The van der Waals surface area contributed by atoms with Gasteiger partial charge in [-0.25, -0.2) is 9.18 Å². The Kier molecular flexibility index (Phi) is 4.24. The molecule has 2 heterocycles. The lowest BCUT2D eigenvalue weighted by Crippen LogP contribution is -2.40. The molecule has 1 aromatic rings. The Bertz CT molecular complexity index is 687. The molecule has 1 saturated heterocycles. The first-order valence-electron chi connectivity index (χ1n) is 8.47.